The molecular formula is C9H11NO4S2. The van der Waals surface area contributed by atoms with Gasteiger partial charge in [-0.15, -0.1) is 0 Å². The lowest BCUT2D eigenvalue weighted by Crippen LogP contribution is -2.15. The normalized spacial score (nSPS) is 10.9. The summed E-state index contributed by atoms with van der Waals surface area (Å²) in [5.41, 5.74) is 0.822. The Bertz CT molecular complexity index is 467. The Hall–Kier alpha value is -1.21. The molecule has 0 aromatic heterocycles. The van der Waals surface area contributed by atoms with Gasteiger partial charge in [0.05, 0.1) is 6.26 Å². The van der Waals surface area contributed by atoms with Gasteiger partial charge in [-0.3, -0.25) is 4.79 Å². The summed E-state index contributed by atoms with van der Waals surface area (Å²) < 4.78 is 26.3. The number of rotatable bonds is 4. The van der Waals surface area contributed by atoms with Crippen molar-refractivity contribution in [2.24, 2.45) is 0 Å². The standard InChI is InChI=1S/C9H11NO4S2/c1-16(12,13)14-8-4-2-7(3-5-8)6-10-9(11)15/h2-5H,6H2,1H3,(H2,10,11,15). The summed E-state index contributed by atoms with van der Waals surface area (Å²) in [6.45, 7) is 0.335. The molecule has 0 unspecified atom stereocenters. The number of thiol groups is 1. The zero-order valence-corrected chi connectivity index (χ0v) is 10.2. The molecule has 0 radical (unpaired) electrons. The molecule has 1 aromatic carbocycles. The van der Waals surface area contributed by atoms with Crippen molar-refractivity contribution in [3.8, 4) is 5.75 Å². The summed E-state index contributed by atoms with van der Waals surface area (Å²) in [7, 11) is -3.50. The number of carbonyl (C=O) groups is 1. The molecule has 0 atom stereocenters. The van der Waals surface area contributed by atoms with Crippen LogP contribution in [0.4, 0.5) is 4.79 Å². The van der Waals surface area contributed by atoms with E-state index >= 15 is 0 Å². The van der Waals surface area contributed by atoms with Crippen LogP contribution in [0.2, 0.25) is 0 Å². The number of hydrogen-bond acceptors (Lipinski definition) is 4. The van der Waals surface area contributed by atoms with E-state index < -0.39 is 15.4 Å². The predicted octanol–water partition coefficient (Wildman–Crippen LogP) is 1.16. The van der Waals surface area contributed by atoms with Crippen molar-refractivity contribution in [1.82, 2.24) is 5.32 Å². The average Bonchev–Trinajstić information content (AvgIpc) is 2.14. The molecule has 0 bridgehead atoms. The van der Waals surface area contributed by atoms with Crippen LogP contribution in [0.25, 0.3) is 0 Å². The second-order valence-corrected chi connectivity index (χ2v) is 5.07. The quantitative estimate of drug-likeness (QED) is 0.630. The van der Waals surface area contributed by atoms with Crippen LogP contribution in [0.5, 0.6) is 5.75 Å². The molecule has 0 fully saturated rings. The highest BCUT2D eigenvalue weighted by Crippen LogP contribution is 2.13. The highest BCUT2D eigenvalue weighted by Gasteiger charge is 2.03. The first-order valence-corrected chi connectivity index (χ1v) is 6.58. The lowest BCUT2D eigenvalue weighted by molar-refractivity contribution is 0.260. The number of amides is 1. The van der Waals surface area contributed by atoms with Crippen LogP contribution in [0, 0.1) is 0 Å². The summed E-state index contributed by atoms with van der Waals surface area (Å²) >= 11 is 3.55. The number of nitrogens with one attached hydrogen (secondary N) is 1. The van der Waals surface area contributed by atoms with Gasteiger partial charge in [-0.1, -0.05) is 24.8 Å². The highest BCUT2D eigenvalue weighted by atomic mass is 32.2. The van der Waals surface area contributed by atoms with E-state index in [9.17, 15) is 13.2 Å². The summed E-state index contributed by atoms with van der Waals surface area (Å²) in [6, 6.07) is 6.34. The van der Waals surface area contributed by atoms with Crippen LogP contribution in [0.15, 0.2) is 24.3 Å². The molecule has 0 aliphatic rings. The van der Waals surface area contributed by atoms with Gasteiger partial charge in [-0.25, -0.2) is 0 Å². The number of hydrogen-bond donors (Lipinski definition) is 2. The third-order valence-electron chi connectivity index (χ3n) is 1.61. The minimum atomic E-state index is -3.50. The summed E-state index contributed by atoms with van der Waals surface area (Å²) in [5.74, 6) is 0.239. The minimum Gasteiger partial charge on any atom is -0.383 e. The van der Waals surface area contributed by atoms with Gasteiger partial charge in [0, 0.05) is 6.54 Å². The van der Waals surface area contributed by atoms with Gasteiger partial charge in [-0.05, 0) is 17.7 Å². The Kier molecular flexibility index (Phi) is 4.19. The van der Waals surface area contributed by atoms with Gasteiger partial charge in [0.2, 0.25) is 0 Å². The molecule has 0 aliphatic heterocycles. The van der Waals surface area contributed by atoms with E-state index in [1.165, 1.54) is 12.1 Å². The summed E-state index contributed by atoms with van der Waals surface area (Å²) in [4.78, 5) is 10.5. The number of carbonyl (C=O) groups excluding carboxylic acids is 1. The Labute approximate surface area is 99.3 Å². The van der Waals surface area contributed by atoms with Crippen molar-refractivity contribution >= 4 is 28.0 Å². The van der Waals surface area contributed by atoms with Crippen molar-refractivity contribution in [3.63, 3.8) is 0 Å². The third kappa shape index (κ3) is 5.04. The second-order valence-electron chi connectivity index (χ2n) is 3.09. The monoisotopic (exact) mass is 261 g/mol. The number of benzene rings is 1. The molecule has 0 spiro atoms. The SMILES string of the molecule is CS(=O)(=O)Oc1ccc(CNC(=O)S)cc1. The van der Waals surface area contributed by atoms with Gasteiger partial charge in [-0.2, -0.15) is 8.42 Å². The van der Waals surface area contributed by atoms with E-state index in [4.69, 9.17) is 0 Å². The maximum absolute atomic E-state index is 10.8. The van der Waals surface area contributed by atoms with Crippen LogP contribution in [0.3, 0.4) is 0 Å². The zero-order valence-electron chi connectivity index (χ0n) is 8.50. The van der Waals surface area contributed by atoms with E-state index in [2.05, 4.69) is 22.1 Å². The predicted molar refractivity (Wildman–Crippen MR) is 63.1 cm³/mol. The lowest BCUT2D eigenvalue weighted by Gasteiger charge is -2.04. The van der Waals surface area contributed by atoms with Crippen molar-refractivity contribution in [1.29, 1.82) is 0 Å². The molecule has 1 aromatic rings. The Morgan fingerprint density at radius 3 is 2.38 bits per heavy atom. The van der Waals surface area contributed by atoms with Crippen molar-refractivity contribution in [2.45, 2.75) is 6.54 Å². The van der Waals surface area contributed by atoms with E-state index in [1.54, 1.807) is 12.1 Å². The molecular weight excluding hydrogens is 250 g/mol. The van der Waals surface area contributed by atoms with Crippen molar-refractivity contribution < 1.29 is 17.4 Å². The largest absolute Gasteiger partial charge is 0.383 e. The fraction of sp³-hybridized carbons (Fsp3) is 0.222. The van der Waals surface area contributed by atoms with Crippen LogP contribution in [-0.4, -0.2) is 19.9 Å². The molecule has 1 amide bonds. The van der Waals surface area contributed by atoms with E-state index in [-0.39, 0.29) is 5.75 Å². The maximum atomic E-state index is 10.8. The Morgan fingerprint density at radius 2 is 1.94 bits per heavy atom. The first-order valence-electron chi connectivity index (χ1n) is 4.32. The van der Waals surface area contributed by atoms with E-state index in [0.717, 1.165) is 11.8 Å². The molecule has 0 aliphatic carbocycles. The minimum absolute atomic E-state index is 0.239. The average molecular weight is 261 g/mol. The van der Waals surface area contributed by atoms with Crippen LogP contribution < -0.4 is 9.50 Å². The highest BCUT2D eigenvalue weighted by molar-refractivity contribution is 7.96. The van der Waals surface area contributed by atoms with Crippen molar-refractivity contribution in [2.75, 3.05) is 6.26 Å². The summed E-state index contributed by atoms with van der Waals surface area (Å²) in [6.07, 6.45) is 0.974. The first-order chi connectivity index (χ1) is 7.37. The molecule has 88 valence electrons. The smallest absolute Gasteiger partial charge is 0.306 e. The van der Waals surface area contributed by atoms with Gasteiger partial charge in [0.1, 0.15) is 5.75 Å². The van der Waals surface area contributed by atoms with Crippen molar-refractivity contribution in [3.05, 3.63) is 29.8 Å². The van der Waals surface area contributed by atoms with Crippen LogP contribution in [0.1, 0.15) is 5.56 Å². The van der Waals surface area contributed by atoms with Gasteiger partial charge >= 0.3 is 10.1 Å². The van der Waals surface area contributed by atoms with Gasteiger partial charge in [0.25, 0.3) is 5.24 Å². The molecule has 1 N–H and O–H groups in total. The summed E-state index contributed by atoms with van der Waals surface area (Å²) in [5, 5.41) is 2.08. The third-order valence-corrected chi connectivity index (χ3v) is 2.27. The maximum Gasteiger partial charge on any atom is 0.306 e. The van der Waals surface area contributed by atoms with E-state index in [1.807, 2.05) is 0 Å². The van der Waals surface area contributed by atoms with E-state index in [0.29, 0.717) is 6.54 Å². The van der Waals surface area contributed by atoms with Gasteiger partial charge < -0.3 is 9.50 Å². The van der Waals surface area contributed by atoms with Gasteiger partial charge in [0.15, 0.2) is 0 Å². The lowest BCUT2D eigenvalue weighted by atomic mass is 10.2. The fourth-order valence-corrected chi connectivity index (χ4v) is 1.56. The molecule has 7 heteroatoms. The first kappa shape index (κ1) is 12.9. The molecule has 0 saturated heterocycles. The molecule has 1 rings (SSSR count). The Balaban J connectivity index is 2.64. The topological polar surface area (TPSA) is 72.5 Å². The fourth-order valence-electron chi connectivity index (χ4n) is 1.02. The van der Waals surface area contributed by atoms with Crippen LogP contribution in [-0.2, 0) is 16.7 Å². The second kappa shape index (κ2) is 5.22. The van der Waals surface area contributed by atoms with Crippen LogP contribution >= 0.6 is 12.6 Å². The zero-order chi connectivity index (χ0) is 12.2. The molecule has 16 heavy (non-hydrogen) atoms. The Morgan fingerprint density at radius 1 is 1.38 bits per heavy atom. The molecule has 5 nitrogen and oxygen atoms in total. The molecule has 0 heterocycles. The molecule has 0 saturated carbocycles.